The summed E-state index contributed by atoms with van der Waals surface area (Å²) in [5, 5.41) is 9.33. The molecule has 1 aromatic heterocycles. The van der Waals surface area contributed by atoms with Gasteiger partial charge in [0.15, 0.2) is 5.03 Å². The van der Waals surface area contributed by atoms with Crippen LogP contribution in [0.5, 0.6) is 0 Å². The van der Waals surface area contributed by atoms with Gasteiger partial charge in [0.25, 0.3) is 10.0 Å². The van der Waals surface area contributed by atoms with Gasteiger partial charge in [0.2, 0.25) is 0 Å². The Hall–Kier alpha value is -0.960. The predicted molar refractivity (Wildman–Crippen MR) is 72.2 cm³/mol. The third-order valence-corrected chi connectivity index (χ3v) is 4.28. The van der Waals surface area contributed by atoms with Gasteiger partial charge in [0.05, 0.1) is 12.8 Å². The highest BCUT2D eigenvalue weighted by molar-refractivity contribution is 7.89. The summed E-state index contributed by atoms with van der Waals surface area (Å²) in [4.78, 5) is 0. The van der Waals surface area contributed by atoms with E-state index in [9.17, 15) is 8.42 Å². The lowest BCUT2D eigenvalue weighted by Gasteiger charge is -2.21. The second-order valence-electron chi connectivity index (χ2n) is 4.68. The van der Waals surface area contributed by atoms with Crippen LogP contribution in [0.1, 0.15) is 19.4 Å². The maximum Gasteiger partial charge on any atom is 0.258 e. The SMILES string of the molecule is CNCc1cn[nH]c1S(=O)(=O)NC(COC)C(C)C. The van der Waals surface area contributed by atoms with Crippen molar-refractivity contribution in [2.75, 3.05) is 20.8 Å². The first kappa shape index (κ1) is 16.1. The first-order valence-electron chi connectivity index (χ1n) is 6.10. The molecule has 0 saturated carbocycles. The largest absolute Gasteiger partial charge is 0.383 e. The van der Waals surface area contributed by atoms with Crippen LogP contribution in [0.25, 0.3) is 0 Å². The Bertz CT molecular complexity index is 484. The zero-order valence-corrected chi connectivity index (χ0v) is 12.5. The molecule has 1 rings (SSSR count). The number of rotatable bonds is 8. The molecule has 1 aromatic rings. The molecule has 0 aliphatic rings. The van der Waals surface area contributed by atoms with Gasteiger partial charge in [-0.2, -0.15) is 5.10 Å². The van der Waals surface area contributed by atoms with Crippen LogP contribution in [-0.4, -0.2) is 45.4 Å². The summed E-state index contributed by atoms with van der Waals surface area (Å²) in [7, 11) is -0.328. The fourth-order valence-electron chi connectivity index (χ4n) is 1.65. The summed E-state index contributed by atoms with van der Waals surface area (Å²) < 4.78 is 32.3. The molecule has 0 radical (unpaired) electrons. The predicted octanol–water partition coefficient (Wildman–Crippen LogP) is 0.0784. The number of nitrogens with one attached hydrogen (secondary N) is 3. The summed E-state index contributed by atoms with van der Waals surface area (Å²) in [6.07, 6.45) is 1.51. The van der Waals surface area contributed by atoms with E-state index in [1.165, 1.54) is 6.20 Å². The molecule has 7 nitrogen and oxygen atoms in total. The lowest BCUT2D eigenvalue weighted by atomic mass is 10.1. The van der Waals surface area contributed by atoms with Crippen molar-refractivity contribution in [3.63, 3.8) is 0 Å². The lowest BCUT2D eigenvalue weighted by molar-refractivity contribution is 0.157. The lowest BCUT2D eigenvalue weighted by Crippen LogP contribution is -2.42. The van der Waals surface area contributed by atoms with Crippen molar-refractivity contribution in [3.05, 3.63) is 11.8 Å². The maximum atomic E-state index is 12.3. The molecule has 110 valence electrons. The van der Waals surface area contributed by atoms with Crippen LogP contribution in [0.4, 0.5) is 0 Å². The number of ether oxygens (including phenoxy) is 1. The third-order valence-electron chi connectivity index (χ3n) is 2.77. The monoisotopic (exact) mass is 290 g/mol. The van der Waals surface area contributed by atoms with Crippen LogP contribution in [-0.2, 0) is 21.3 Å². The van der Waals surface area contributed by atoms with Gasteiger partial charge in [-0.05, 0) is 13.0 Å². The molecule has 19 heavy (non-hydrogen) atoms. The van der Waals surface area contributed by atoms with Crippen LogP contribution >= 0.6 is 0 Å². The summed E-state index contributed by atoms with van der Waals surface area (Å²) in [6.45, 7) is 4.64. The van der Waals surface area contributed by atoms with Crippen molar-refractivity contribution in [1.82, 2.24) is 20.2 Å². The number of sulfonamides is 1. The van der Waals surface area contributed by atoms with E-state index in [-0.39, 0.29) is 17.0 Å². The van der Waals surface area contributed by atoms with Crippen molar-refractivity contribution >= 4 is 10.0 Å². The highest BCUT2D eigenvalue weighted by atomic mass is 32.2. The smallest absolute Gasteiger partial charge is 0.258 e. The molecule has 0 aromatic carbocycles. The van der Waals surface area contributed by atoms with Gasteiger partial charge in [-0.15, -0.1) is 0 Å². The molecule has 1 heterocycles. The normalized spacial score (nSPS) is 13.9. The Labute approximate surface area is 114 Å². The van der Waals surface area contributed by atoms with E-state index < -0.39 is 10.0 Å². The topological polar surface area (TPSA) is 96.1 Å². The van der Waals surface area contributed by atoms with E-state index in [0.29, 0.717) is 18.7 Å². The number of aromatic nitrogens is 2. The Balaban J connectivity index is 2.93. The van der Waals surface area contributed by atoms with Crippen LogP contribution in [0, 0.1) is 5.92 Å². The minimum atomic E-state index is -3.62. The molecule has 0 bridgehead atoms. The fraction of sp³-hybridized carbons (Fsp3) is 0.727. The Morgan fingerprint density at radius 1 is 1.47 bits per heavy atom. The Kier molecular flexibility index (Phi) is 5.92. The van der Waals surface area contributed by atoms with Gasteiger partial charge in [-0.25, -0.2) is 13.1 Å². The van der Waals surface area contributed by atoms with Gasteiger partial charge in [0, 0.05) is 25.3 Å². The van der Waals surface area contributed by atoms with Crippen LogP contribution in [0.15, 0.2) is 11.2 Å². The van der Waals surface area contributed by atoms with Crippen molar-refractivity contribution in [2.24, 2.45) is 5.92 Å². The van der Waals surface area contributed by atoms with Crippen molar-refractivity contribution < 1.29 is 13.2 Å². The van der Waals surface area contributed by atoms with E-state index >= 15 is 0 Å². The van der Waals surface area contributed by atoms with Gasteiger partial charge < -0.3 is 10.1 Å². The highest BCUT2D eigenvalue weighted by Crippen LogP contribution is 2.14. The molecule has 0 fully saturated rings. The molecular weight excluding hydrogens is 268 g/mol. The first-order chi connectivity index (χ1) is 8.92. The number of hydrogen-bond donors (Lipinski definition) is 3. The molecule has 0 spiro atoms. The van der Waals surface area contributed by atoms with E-state index in [2.05, 4.69) is 20.2 Å². The number of aromatic amines is 1. The second-order valence-corrected chi connectivity index (χ2v) is 6.33. The quantitative estimate of drug-likeness (QED) is 0.630. The summed E-state index contributed by atoms with van der Waals surface area (Å²) >= 11 is 0. The van der Waals surface area contributed by atoms with E-state index in [0.717, 1.165) is 0 Å². The first-order valence-corrected chi connectivity index (χ1v) is 7.58. The van der Waals surface area contributed by atoms with Gasteiger partial charge in [-0.1, -0.05) is 13.8 Å². The summed E-state index contributed by atoms with van der Waals surface area (Å²) in [6, 6.07) is -0.277. The molecule has 3 N–H and O–H groups in total. The number of methoxy groups -OCH3 is 1. The second kappa shape index (κ2) is 6.99. The summed E-state index contributed by atoms with van der Waals surface area (Å²) in [5.74, 6) is 0.130. The number of nitrogens with zero attached hydrogens (tertiary/aromatic N) is 1. The minimum Gasteiger partial charge on any atom is -0.383 e. The molecule has 0 aliphatic carbocycles. The molecule has 8 heteroatoms. The molecule has 1 atom stereocenters. The van der Waals surface area contributed by atoms with Gasteiger partial charge >= 0.3 is 0 Å². The zero-order chi connectivity index (χ0) is 14.5. The zero-order valence-electron chi connectivity index (χ0n) is 11.7. The van der Waals surface area contributed by atoms with Gasteiger partial charge in [-0.3, -0.25) is 5.10 Å². The standard InChI is InChI=1S/C11H22N4O3S/c1-8(2)10(7-18-4)15-19(16,17)11-9(5-12-3)6-13-14-11/h6,8,10,12,15H,5,7H2,1-4H3,(H,13,14). The third kappa shape index (κ3) is 4.27. The average molecular weight is 290 g/mol. The molecule has 0 aliphatic heterocycles. The maximum absolute atomic E-state index is 12.3. The van der Waals surface area contributed by atoms with E-state index in [1.54, 1.807) is 14.2 Å². The molecular formula is C11H22N4O3S. The minimum absolute atomic E-state index is 0.101. The van der Waals surface area contributed by atoms with Crippen molar-refractivity contribution in [3.8, 4) is 0 Å². The molecule has 0 amide bonds. The van der Waals surface area contributed by atoms with Crippen LogP contribution in [0.3, 0.4) is 0 Å². The number of hydrogen-bond acceptors (Lipinski definition) is 5. The number of H-pyrrole nitrogens is 1. The average Bonchev–Trinajstić information content (AvgIpc) is 2.77. The highest BCUT2D eigenvalue weighted by Gasteiger charge is 2.25. The van der Waals surface area contributed by atoms with Crippen molar-refractivity contribution in [2.45, 2.75) is 31.5 Å². The summed E-state index contributed by atoms with van der Waals surface area (Å²) in [5.41, 5.74) is 0.606. The van der Waals surface area contributed by atoms with Crippen molar-refractivity contribution in [1.29, 1.82) is 0 Å². The van der Waals surface area contributed by atoms with Gasteiger partial charge in [0.1, 0.15) is 0 Å². The van der Waals surface area contributed by atoms with E-state index in [4.69, 9.17) is 4.74 Å². The Morgan fingerprint density at radius 3 is 2.68 bits per heavy atom. The van der Waals surface area contributed by atoms with Crippen LogP contribution < -0.4 is 10.0 Å². The molecule has 0 saturated heterocycles. The fourth-order valence-corrected chi connectivity index (χ4v) is 3.15. The molecule has 1 unspecified atom stereocenters. The van der Waals surface area contributed by atoms with E-state index in [1.807, 2.05) is 13.8 Å². The Morgan fingerprint density at radius 2 is 2.16 bits per heavy atom. The van der Waals surface area contributed by atoms with Crippen LogP contribution in [0.2, 0.25) is 0 Å².